The third-order valence-electron chi connectivity index (χ3n) is 3.32. The minimum Gasteiger partial charge on any atom is -0.480 e. The highest BCUT2D eigenvalue weighted by Gasteiger charge is 2.51. The van der Waals surface area contributed by atoms with Crippen LogP contribution in [0, 0.1) is 5.92 Å². The fourth-order valence-electron chi connectivity index (χ4n) is 2.24. The lowest BCUT2D eigenvalue weighted by Crippen LogP contribution is -2.45. The predicted molar refractivity (Wildman–Crippen MR) is 73.7 cm³/mol. The Bertz CT molecular complexity index is 579. The van der Waals surface area contributed by atoms with Crippen LogP contribution in [0.25, 0.3) is 0 Å². The SMILES string of the molecule is O=C(O)C1CSC(C2CC2)N1S(=O)(=O)c1cccs1. The zero-order valence-electron chi connectivity index (χ0n) is 9.93. The Morgan fingerprint density at radius 2 is 2.16 bits per heavy atom. The quantitative estimate of drug-likeness (QED) is 0.914. The Labute approximate surface area is 119 Å². The van der Waals surface area contributed by atoms with Gasteiger partial charge in [-0.2, -0.15) is 4.31 Å². The average Bonchev–Trinajstić information content (AvgIpc) is 2.91. The van der Waals surface area contributed by atoms with E-state index in [2.05, 4.69) is 0 Å². The van der Waals surface area contributed by atoms with E-state index >= 15 is 0 Å². The van der Waals surface area contributed by atoms with Crippen LogP contribution in [-0.4, -0.2) is 41.0 Å². The Morgan fingerprint density at radius 3 is 2.68 bits per heavy atom. The highest BCUT2D eigenvalue weighted by molar-refractivity contribution is 8.01. The molecule has 1 aliphatic carbocycles. The van der Waals surface area contributed by atoms with E-state index in [1.165, 1.54) is 22.1 Å². The van der Waals surface area contributed by atoms with E-state index in [1.807, 2.05) is 0 Å². The summed E-state index contributed by atoms with van der Waals surface area (Å²) in [5.74, 6) is -0.416. The highest BCUT2D eigenvalue weighted by Crippen LogP contribution is 2.47. The van der Waals surface area contributed by atoms with Crippen LogP contribution in [0.5, 0.6) is 0 Å². The third kappa shape index (κ3) is 2.31. The molecule has 0 aromatic carbocycles. The molecular formula is C11H13NO4S3. The van der Waals surface area contributed by atoms with E-state index in [9.17, 15) is 18.3 Å². The number of nitrogens with zero attached hydrogens (tertiary/aromatic N) is 1. The molecule has 5 nitrogen and oxygen atoms in total. The standard InChI is InChI=1S/C11H13NO4S3/c13-11(14)8-6-18-10(7-3-4-7)12(8)19(15,16)9-2-1-5-17-9/h1-2,5,7-8,10H,3-4,6H2,(H,13,14). The second-order valence-corrected chi connectivity index (χ2v) is 8.85. The Balaban J connectivity index is 2.00. The van der Waals surface area contributed by atoms with Gasteiger partial charge in [0, 0.05) is 5.75 Å². The summed E-state index contributed by atoms with van der Waals surface area (Å²) in [4.78, 5) is 11.3. The van der Waals surface area contributed by atoms with Gasteiger partial charge in [0.1, 0.15) is 10.3 Å². The first kappa shape index (κ1) is 13.4. The number of rotatable bonds is 4. The first-order valence-corrected chi connectivity index (χ1v) is 9.30. The largest absolute Gasteiger partial charge is 0.480 e. The summed E-state index contributed by atoms with van der Waals surface area (Å²) in [6, 6.07) is 2.26. The third-order valence-corrected chi connectivity index (χ3v) is 8.18. The van der Waals surface area contributed by atoms with Crippen molar-refractivity contribution >= 4 is 39.1 Å². The molecule has 1 N–H and O–H groups in total. The van der Waals surface area contributed by atoms with Crippen LogP contribution in [0.3, 0.4) is 0 Å². The van der Waals surface area contributed by atoms with Gasteiger partial charge in [-0.1, -0.05) is 6.07 Å². The first-order valence-electron chi connectivity index (χ1n) is 5.93. The van der Waals surface area contributed by atoms with Gasteiger partial charge in [0.2, 0.25) is 0 Å². The van der Waals surface area contributed by atoms with Crippen LogP contribution in [0.1, 0.15) is 12.8 Å². The molecule has 0 amide bonds. The van der Waals surface area contributed by atoms with Gasteiger partial charge in [-0.3, -0.25) is 4.79 Å². The summed E-state index contributed by atoms with van der Waals surface area (Å²) in [6.45, 7) is 0. The molecule has 0 bridgehead atoms. The summed E-state index contributed by atoms with van der Waals surface area (Å²) >= 11 is 2.59. The van der Waals surface area contributed by atoms with Crippen LogP contribution in [-0.2, 0) is 14.8 Å². The molecule has 2 heterocycles. The Hall–Kier alpha value is -0.570. The van der Waals surface area contributed by atoms with E-state index < -0.39 is 22.0 Å². The van der Waals surface area contributed by atoms with Gasteiger partial charge in [-0.05, 0) is 30.2 Å². The normalized spacial score (nSPS) is 28.6. The lowest BCUT2D eigenvalue weighted by molar-refractivity contribution is -0.140. The molecule has 8 heteroatoms. The van der Waals surface area contributed by atoms with Gasteiger partial charge >= 0.3 is 5.97 Å². The molecule has 0 radical (unpaired) electrons. The van der Waals surface area contributed by atoms with Crippen molar-refractivity contribution < 1.29 is 18.3 Å². The molecule has 1 aromatic rings. The molecule has 3 rings (SSSR count). The number of hydrogen-bond donors (Lipinski definition) is 1. The van der Waals surface area contributed by atoms with Gasteiger partial charge in [0.15, 0.2) is 0 Å². The van der Waals surface area contributed by atoms with Crippen LogP contribution in [0.15, 0.2) is 21.7 Å². The maximum Gasteiger partial charge on any atom is 0.322 e. The minimum atomic E-state index is -3.69. The van der Waals surface area contributed by atoms with Crippen molar-refractivity contribution in [3.8, 4) is 0 Å². The second-order valence-electron chi connectivity index (χ2n) is 4.68. The number of carboxylic acids is 1. The van der Waals surface area contributed by atoms with Gasteiger partial charge in [-0.25, -0.2) is 8.42 Å². The summed E-state index contributed by atoms with van der Waals surface area (Å²) in [7, 11) is -3.69. The van der Waals surface area contributed by atoms with Gasteiger partial charge < -0.3 is 5.11 Å². The Morgan fingerprint density at radius 1 is 1.42 bits per heavy atom. The second kappa shape index (κ2) is 4.76. The summed E-state index contributed by atoms with van der Waals surface area (Å²) in [5, 5.41) is 10.7. The van der Waals surface area contributed by atoms with Crippen molar-refractivity contribution in [3.05, 3.63) is 17.5 Å². The molecule has 2 fully saturated rings. The van der Waals surface area contributed by atoms with Crippen LogP contribution in [0.2, 0.25) is 0 Å². The maximum absolute atomic E-state index is 12.6. The lowest BCUT2D eigenvalue weighted by Gasteiger charge is -2.25. The number of carboxylic acid groups (broad SMARTS) is 1. The maximum atomic E-state index is 12.6. The molecule has 19 heavy (non-hydrogen) atoms. The van der Waals surface area contributed by atoms with Crippen molar-refractivity contribution in [1.29, 1.82) is 0 Å². The fraction of sp³-hybridized carbons (Fsp3) is 0.545. The number of sulfonamides is 1. The highest BCUT2D eigenvalue weighted by atomic mass is 32.2. The lowest BCUT2D eigenvalue weighted by atomic mass is 10.3. The van der Waals surface area contributed by atoms with Gasteiger partial charge in [0.25, 0.3) is 10.0 Å². The molecular weight excluding hydrogens is 306 g/mol. The molecule has 104 valence electrons. The van der Waals surface area contributed by atoms with E-state index in [0.717, 1.165) is 24.2 Å². The average molecular weight is 319 g/mol. The van der Waals surface area contributed by atoms with Gasteiger partial charge in [-0.15, -0.1) is 23.1 Å². The fourth-order valence-corrected chi connectivity index (χ4v) is 7.14. The molecule has 1 saturated carbocycles. The monoisotopic (exact) mass is 319 g/mol. The predicted octanol–water partition coefficient (Wildman–Crippen LogP) is 1.67. The summed E-state index contributed by atoms with van der Waals surface area (Å²) < 4.78 is 26.7. The van der Waals surface area contributed by atoms with Crippen molar-refractivity contribution in [2.75, 3.05) is 5.75 Å². The van der Waals surface area contributed by atoms with E-state index in [1.54, 1.807) is 11.4 Å². The Kier molecular flexibility index (Phi) is 3.36. The number of thioether (sulfide) groups is 1. The molecule has 0 spiro atoms. The van der Waals surface area contributed by atoms with Crippen molar-refractivity contribution in [1.82, 2.24) is 4.31 Å². The first-order chi connectivity index (χ1) is 9.01. The van der Waals surface area contributed by atoms with Crippen LogP contribution >= 0.6 is 23.1 Å². The van der Waals surface area contributed by atoms with Gasteiger partial charge in [0.05, 0.1) is 5.37 Å². The minimum absolute atomic E-state index is 0.215. The van der Waals surface area contributed by atoms with Crippen molar-refractivity contribution in [2.24, 2.45) is 5.92 Å². The van der Waals surface area contributed by atoms with Crippen molar-refractivity contribution in [2.45, 2.75) is 28.5 Å². The molecule has 2 atom stereocenters. The zero-order chi connectivity index (χ0) is 13.6. The van der Waals surface area contributed by atoms with E-state index in [-0.39, 0.29) is 9.58 Å². The number of carbonyl (C=O) groups is 1. The zero-order valence-corrected chi connectivity index (χ0v) is 12.4. The van der Waals surface area contributed by atoms with Crippen molar-refractivity contribution in [3.63, 3.8) is 0 Å². The molecule has 1 aliphatic heterocycles. The molecule has 2 unspecified atom stereocenters. The number of hydrogen-bond acceptors (Lipinski definition) is 5. The number of aliphatic carboxylic acids is 1. The smallest absolute Gasteiger partial charge is 0.322 e. The van der Waals surface area contributed by atoms with E-state index in [4.69, 9.17) is 0 Å². The number of thiophene rings is 1. The molecule has 2 aliphatic rings. The van der Waals surface area contributed by atoms with Crippen LogP contribution < -0.4 is 0 Å². The molecule has 1 saturated heterocycles. The van der Waals surface area contributed by atoms with E-state index in [0.29, 0.717) is 11.7 Å². The summed E-state index contributed by atoms with van der Waals surface area (Å²) in [5.41, 5.74) is 0. The van der Waals surface area contributed by atoms with Crippen LogP contribution in [0.4, 0.5) is 0 Å². The molecule has 1 aromatic heterocycles. The topological polar surface area (TPSA) is 74.7 Å². The summed E-state index contributed by atoms with van der Waals surface area (Å²) in [6.07, 6.45) is 1.97.